The number of urea groups is 1. The molecule has 4 heterocycles. The van der Waals surface area contributed by atoms with E-state index in [0.29, 0.717) is 31.7 Å². The second kappa shape index (κ2) is 6.09. The number of carbonyl (C=O) groups is 3. The zero-order valence-corrected chi connectivity index (χ0v) is 16.0. The maximum atomic E-state index is 13.0. The van der Waals surface area contributed by atoms with Gasteiger partial charge in [0.05, 0.1) is 5.56 Å². The van der Waals surface area contributed by atoms with Gasteiger partial charge in [-0.1, -0.05) is 18.2 Å². The lowest BCUT2D eigenvalue weighted by atomic mass is 9.76. The minimum absolute atomic E-state index is 0.0349. The number of piperidine rings is 1. The number of fused-ring (bicyclic) bond motifs is 2. The number of H-pyrrole nitrogens is 1. The van der Waals surface area contributed by atoms with Crippen LogP contribution in [0, 0.1) is 5.41 Å². The average Bonchev–Trinajstić information content (AvgIpc) is 3.35. The maximum absolute atomic E-state index is 13.0. The van der Waals surface area contributed by atoms with Crippen LogP contribution in [-0.2, 0) is 4.79 Å². The fourth-order valence-corrected chi connectivity index (χ4v) is 5.16. The Kier molecular flexibility index (Phi) is 3.76. The number of nitrogens with one attached hydrogen (secondary N) is 1. The van der Waals surface area contributed by atoms with E-state index in [4.69, 9.17) is 0 Å². The van der Waals surface area contributed by atoms with Crippen LogP contribution in [0.5, 0.6) is 0 Å². The highest BCUT2D eigenvalue weighted by Gasteiger charge is 2.56. The van der Waals surface area contributed by atoms with E-state index in [1.165, 1.54) is 4.90 Å². The molecule has 1 spiro atoms. The normalized spacial score (nSPS) is 23.9. The van der Waals surface area contributed by atoms with Crippen molar-refractivity contribution in [3.63, 3.8) is 0 Å². The molecule has 5 rings (SSSR count). The average molecular weight is 380 g/mol. The number of amides is 4. The van der Waals surface area contributed by atoms with Crippen LogP contribution in [0.1, 0.15) is 36.5 Å². The molecule has 3 saturated heterocycles. The van der Waals surface area contributed by atoms with E-state index in [-0.39, 0.29) is 29.3 Å². The van der Waals surface area contributed by atoms with Crippen LogP contribution in [-0.4, -0.2) is 69.8 Å². The Hall–Kier alpha value is -2.83. The van der Waals surface area contributed by atoms with Crippen molar-refractivity contribution in [1.29, 1.82) is 0 Å². The molecule has 0 bridgehead atoms. The number of aromatic amines is 1. The summed E-state index contributed by atoms with van der Waals surface area (Å²) >= 11 is 0. The number of carbonyl (C=O) groups excluding carboxylic acids is 3. The van der Waals surface area contributed by atoms with Gasteiger partial charge < -0.3 is 14.8 Å². The van der Waals surface area contributed by atoms with Gasteiger partial charge in [0.1, 0.15) is 6.04 Å². The number of benzene rings is 1. The molecule has 1 N–H and O–H groups in total. The first kappa shape index (κ1) is 17.3. The van der Waals surface area contributed by atoms with Crippen LogP contribution in [0.4, 0.5) is 4.79 Å². The van der Waals surface area contributed by atoms with E-state index in [1.807, 2.05) is 36.1 Å². The number of hydrogen-bond donors (Lipinski definition) is 1. The summed E-state index contributed by atoms with van der Waals surface area (Å²) in [5.74, 6) is -0.00298. The molecule has 146 valence electrons. The van der Waals surface area contributed by atoms with Crippen LogP contribution in [0.15, 0.2) is 30.5 Å². The van der Waals surface area contributed by atoms with Crippen molar-refractivity contribution < 1.29 is 14.4 Å². The summed E-state index contributed by atoms with van der Waals surface area (Å²) in [4.78, 5) is 46.2. The number of aromatic nitrogens is 1. The van der Waals surface area contributed by atoms with E-state index in [1.54, 1.807) is 11.1 Å². The fourth-order valence-electron chi connectivity index (χ4n) is 5.16. The third kappa shape index (κ3) is 2.38. The Balaban J connectivity index is 1.29. The Bertz CT molecular complexity index is 947. The van der Waals surface area contributed by atoms with Gasteiger partial charge in [0.15, 0.2) is 0 Å². The monoisotopic (exact) mass is 380 g/mol. The second-order valence-electron chi connectivity index (χ2n) is 8.25. The lowest BCUT2D eigenvalue weighted by molar-refractivity contribution is -0.128. The topological polar surface area (TPSA) is 76.7 Å². The quantitative estimate of drug-likeness (QED) is 0.813. The zero-order chi connectivity index (χ0) is 19.5. The van der Waals surface area contributed by atoms with Gasteiger partial charge >= 0.3 is 6.03 Å². The molecule has 0 saturated carbocycles. The molecule has 3 fully saturated rings. The highest BCUT2D eigenvalue weighted by molar-refractivity contribution is 6.07. The van der Waals surface area contributed by atoms with Gasteiger partial charge in [-0.15, -0.1) is 0 Å². The highest BCUT2D eigenvalue weighted by atomic mass is 16.2. The first-order chi connectivity index (χ1) is 13.5. The zero-order valence-electron chi connectivity index (χ0n) is 16.0. The number of likely N-dealkylation sites (N-methyl/N-ethyl adjacent to an activating group) is 1. The molecular weight excluding hydrogens is 356 g/mol. The molecular formula is C21H24N4O3. The molecule has 4 amide bonds. The van der Waals surface area contributed by atoms with Crippen LogP contribution >= 0.6 is 0 Å². The van der Waals surface area contributed by atoms with E-state index >= 15 is 0 Å². The van der Waals surface area contributed by atoms with Crippen LogP contribution in [0.25, 0.3) is 10.9 Å². The number of nitrogens with zero attached hydrogens (tertiary/aromatic N) is 3. The van der Waals surface area contributed by atoms with E-state index in [2.05, 4.69) is 4.98 Å². The summed E-state index contributed by atoms with van der Waals surface area (Å²) in [6, 6.07) is 7.38. The highest BCUT2D eigenvalue weighted by Crippen LogP contribution is 2.46. The maximum Gasteiger partial charge on any atom is 0.327 e. The Labute approximate surface area is 163 Å². The molecule has 3 aliphatic rings. The largest absolute Gasteiger partial charge is 0.360 e. The van der Waals surface area contributed by atoms with E-state index < -0.39 is 0 Å². The molecule has 2 aromatic rings. The first-order valence-corrected chi connectivity index (χ1v) is 10.0. The van der Waals surface area contributed by atoms with Crippen LogP contribution in [0.2, 0.25) is 0 Å². The molecule has 7 heteroatoms. The van der Waals surface area contributed by atoms with E-state index in [0.717, 1.165) is 30.2 Å². The van der Waals surface area contributed by atoms with E-state index in [9.17, 15) is 14.4 Å². The molecule has 7 nitrogen and oxygen atoms in total. The Morgan fingerprint density at radius 3 is 2.68 bits per heavy atom. The van der Waals surface area contributed by atoms with Crippen molar-refractivity contribution in [2.75, 3.05) is 26.2 Å². The van der Waals surface area contributed by atoms with Gasteiger partial charge in [-0.2, -0.15) is 0 Å². The van der Waals surface area contributed by atoms with Crippen molar-refractivity contribution in [3.8, 4) is 0 Å². The molecule has 0 radical (unpaired) electrons. The van der Waals surface area contributed by atoms with Crippen LogP contribution < -0.4 is 0 Å². The predicted octanol–water partition coefficient (Wildman–Crippen LogP) is 2.45. The van der Waals surface area contributed by atoms with Gasteiger partial charge in [0.25, 0.3) is 11.8 Å². The van der Waals surface area contributed by atoms with Crippen molar-refractivity contribution in [1.82, 2.24) is 19.7 Å². The van der Waals surface area contributed by atoms with Gasteiger partial charge in [-0.25, -0.2) is 4.79 Å². The summed E-state index contributed by atoms with van der Waals surface area (Å²) in [6.07, 6.45) is 4.18. The van der Waals surface area contributed by atoms with Crippen LogP contribution in [0.3, 0.4) is 0 Å². The summed E-state index contributed by atoms with van der Waals surface area (Å²) < 4.78 is 0. The second-order valence-corrected chi connectivity index (χ2v) is 8.25. The Morgan fingerprint density at radius 1 is 1.21 bits per heavy atom. The summed E-state index contributed by atoms with van der Waals surface area (Å²) in [6.45, 7) is 4.23. The molecule has 1 atom stereocenters. The number of hydrogen-bond acceptors (Lipinski definition) is 3. The van der Waals surface area contributed by atoms with Crippen molar-refractivity contribution >= 4 is 28.7 Å². The van der Waals surface area contributed by atoms with Crippen molar-refractivity contribution in [3.05, 3.63) is 36.0 Å². The first-order valence-electron chi connectivity index (χ1n) is 10.0. The molecule has 28 heavy (non-hydrogen) atoms. The summed E-state index contributed by atoms with van der Waals surface area (Å²) in [5.41, 5.74) is 1.64. The third-order valence-corrected chi connectivity index (χ3v) is 6.78. The Morgan fingerprint density at radius 2 is 1.96 bits per heavy atom. The molecule has 1 aromatic heterocycles. The molecule has 0 aliphatic carbocycles. The van der Waals surface area contributed by atoms with Gasteiger partial charge in [0.2, 0.25) is 0 Å². The predicted molar refractivity (Wildman–Crippen MR) is 104 cm³/mol. The van der Waals surface area contributed by atoms with Gasteiger partial charge in [-0.05, 0) is 37.7 Å². The number of rotatable bonds is 2. The summed E-state index contributed by atoms with van der Waals surface area (Å²) in [7, 11) is 0. The molecule has 1 aromatic carbocycles. The SMILES string of the molecule is CCN1C(=O)[C@@H]2CC3(CCN(C(=O)c4c[nH]c5ccccc45)CC3)CN2C1=O. The number of likely N-dealkylation sites (tertiary alicyclic amines) is 1. The van der Waals surface area contributed by atoms with Crippen molar-refractivity contribution in [2.24, 2.45) is 5.41 Å². The summed E-state index contributed by atoms with van der Waals surface area (Å²) in [5, 5.41) is 0.949. The van der Waals surface area contributed by atoms with Crippen molar-refractivity contribution in [2.45, 2.75) is 32.2 Å². The standard InChI is InChI=1S/C21H24N4O3/c1-2-24-19(27)17-11-21(13-25(17)20(24)28)7-9-23(10-8-21)18(26)15-12-22-16-6-4-3-5-14(15)16/h3-6,12,17,22H,2,7-11,13H2,1H3/t17-/m0/s1. The lowest BCUT2D eigenvalue weighted by Crippen LogP contribution is -2.45. The number of para-hydroxylation sites is 1. The fraction of sp³-hybridized carbons (Fsp3) is 0.476. The third-order valence-electron chi connectivity index (χ3n) is 6.78. The minimum Gasteiger partial charge on any atom is -0.360 e. The molecule has 0 unspecified atom stereocenters. The lowest BCUT2D eigenvalue weighted by Gasteiger charge is -2.39. The number of imide groups is 1. The minimum atomic E-state index is -0.302. The van der Waals surface area contributed by atoms with Gasteiger partial charge in [-0.3, -0.25) is 14.5 Å². The molecule has 3 aliphatic heterocycles. The smallest absolute Gasteiger partial charge is 0.327 e. The van der Waals surface area contributed by atoms with Gasteiger partial charge in [0, 0.05) is 43.3 Å².